The zero-order valence-electron chi connectivity index (χ0n) is 8.46. The molecule has 3 nitrogen and oxygen atoms in total. The Morgan fingerprint density at radius 3 is 3.06 bits per heavy atom. The lowest BCUT2D eigenvalue weighted by Crippen LogP contribution is -2.16. The first-order chi connectivity index (χ1) is 7.75. The molecular formula is C10H11BrClN3S. The van der Waals surface area contributed by atoms with Gasteiger partial charge in [0.05, 0.1) is 0 Å². The number of imidazole rings is 1. The molecule has 6 heteroatoms. The van der Waals surface area contributed by atoms with E-state index in [0.29, 0.717) is 0 Å². The maximum Gasteiger partial charge on any atom is 0.107 e. The number of hydrogen-bond acceptors (Lipinski definition) is 3. The van der Waals surface area contributed by atoms with E-state index in [-0.39, 0.29) is 0 Å². The van der Waals surface area contributed by atoms with Gasteiger partial charge in [-0.25, -0.2) is 4.98 Å². The number of rotatable bonds is 5. The number of halogens is 2. The fourth-order valence-corrected chi connectivity index (χ4v) is 3.09. The Labute approximate surface area is 111 Å². The van der Waals surface area contributed by atoms with Crippen LogP contribution in [0.5, 0.6) is 0 Å². The minimum atomic E-state index is 0.808. The van der Waals surface area contributed by atoms with Crippen molar-refractivity contribution in [3.05, 3.63) is 38.0 Å². The summed E-state index contributed by atoms with van der Waals surface area (Å²) in [6.07, 6.45) is 4.52. The zero-order valence-corrected chi connectivity index (χ0v) is 11.6. The van der Waals surface area contributed by atoms with E-state index in [4.69, 9.17) is 11.6 Å². The molecular weight excluding hydrogens is 310 g/mol. The molecule has 0 saturated heterocycles. The molecule has 0 bridgehead atoms. The Balaban J connectivity index is 1.72. The SMILES string of the molecule is Clc1sc(CNCCc2ncc[nH]2)cc1Br. The van der Waals surface area contributed by atoms with Gasteiger partial charge in [-0.2, -0.15) is 0 Å². The number of aromatic amines is 1. The molecule has 0 amide bonds. The van der Waals surface area contributed by atoms with Gasteiger partial charge in [-0.1, -0.05) is 11.6 Å². The highest BCUT2D eigenvalue weighted by atomic mass is 79.9. The molecule has 0 aromatic carbocycles. The van der Waals surface area contributed by atoms with Gasteiger partial charge in [0.25, 0.3) is 0 Å². The Kier molecular flexibility index (Phi) is 4.40. The average molecular weight is 321 g/mol. The third kappa shape index (κ3) is 3.31. The minimum absolute atomic E-state index is 0.808. The van der Waals surface area contributed by atoms with Crippen LogP contribution in [0.15, 0.2) is 22.9 Å². The molecule has 0 fully saturated rings. The molecule has 0 aliphatic rings. The van der Waals surface area contributed by atoms with Crippen LogP contribution in [0.1, 0.15) is 10.7 Å². The van der Waals surface area contributed by atoms with E-state index in [1.807, 2.05) is 12.3 Å². The van der Waals surface area contributed by atoms with E-state index < -0.39 is 0 Å². The first kappa shape index (κ1) is 12.1. The molecule has 0 aliphatic carbocycles. The molecule has 0 spiro atoms. The fourth-order valence-electron chi connectivity index (χ4n) is 1.33. The molecule has 0 aliphatic heterocycles. The number of thiophene rings is 1. The fraction of sp³-hybridized carbons (Fsp3) is 0.300. The third-order valence-electron chi connectivity index (χ3n) is 2.09. The van der Waals surface area contributed by atoms with Gasteiger partial charge in [0.2, 0.25) is 0 Å². The summed E-state index contributed by atoms with van der Waals surface area (Å²) >= 11 is 10.9. The van der Waals surface area contributed by atoms with Crippen LogP contribution in [-0.2, 0) is 13.0 Å². The summed E-state index contributed by atoms with van der Waals surface area (Å²) in [5.74, 6) is 1.01. The molecule has 0 saturated carbocycles. The number of hydrogen-bond donors (Lipinski definition) is 2. The maximum absolute atomic E-state index is 5.95. The molecule has 2 rings (SSSR count). The highest BCUT2D eigenvalue weighted by molar-refractivity contribution is 9.10. The van der Waals surface area contributed by atoms with Gasteiger partial charge in [-0.05, 0) is 22.0 Å². The van der Waals surface area contributed by atoms with Crippen molar-refractivity contribution in [2.45, 2.75) is 13.0 Å². The van der Waals surface area contributed by atoms with Crippen LogP contribution in [0.25, 0.3) is 0 Å². The summed E-state index contributed by atoms with van der Waals surface area (Å²) < 4.78 is 1.78. The molecule has 2 N–H and O–H groups in total. The van der Waals surface area contributed by atoms with E-state index in [9.17, 15) is 0 Å². The van der Waals surface area contributed by atoms with Gasteiger partial charge in [-0.3, -0.25) is 0 Å². The smallest absolute Gasteiger partial charge is 0.107 e. The largest absolute Gasteiger partial charge is 0.349 e. The van der Waals surface area contributed by atoms with Crippen molar-refractivity contribution < 1.29 is 0 Å². The van der Waals surface area contributed by atoms with Crippen molar-refractivity contribution in [1.82, 2.24) is 15.3 Å². The summed E-state index contributed by atoms with van der Waals surface area (Å²) in [6, 6.07) is 2.05. The Hall–Kier alpha value is -0.360. The van der Waals surface area contributed by atoms with E-state index in [0.717, 1.165) is 34.1 Å². The minimum Gasteiger partial charge on any atom is -0.349 e. The van der Waals surface area contributed by atoms with Crippen LogP contribution in [0.4, 0.5) is 0 Å². The number of H-pyrrole nitrogens is 1. The lowest BCUT2D eigenvalue weighted by molar-refractivity contribution is 0.680. The maximum atomic E-state index is 5.95. The zero-order chi connectivity index (χ0) is 11.4. The molecule has 2 aromatic rings. The van der Waals surface area contributed by atoms with Crippen molar-refractivity contribution in [2.24, 2.45) is 0 Å². The van der Waals surface area contributed by atoms with Crippen molar-refractivity contribution in [3.8, 4) is 0 Å². The topological polar surface area (TPSA) is 40.7 Å². The summed E-state index contributed by atoms with van der Waals surface area (Å²) in [4.78, 5) is 8.46. The Morgan fingerprint density at radius 2 is 2.44 bits per heavy atom. The number of nitrogens with zero attached hydrogens (tertiary/aromatic N) is 1. The van der Waals surface area contributed by atoms with Gasteiger partial charge in [0.1, 0.15) is 10.2 Å². The first-order valence-electron chi connectivity index (χ1n) is 4.88. The van der Waals surface area contributed by atoms with Crippen molar-refractivity contribution in [1.29, 1.82) is 0 Å². The second kappa shape index (κ2) is 5.82. The van der Waals surface area contributed by atoms with E-state index in [1.165, 1.54) is 4.88 Å². The molecule has 0 radical (unpaired) electrons. The van der Waals surface area contributed by atoms with Crippen LogP contribution in [0, 0.1) is 0 Å². The molecule has 0 unspecified atom stereocenters. The number of nitrogens with one attached hydrogen (secondary N) is 2. The van der Waals surface area contributed by atoms with Gasteiger partial charge in [-0.15, -0.1) is 11.3 Å². The second-order valence-corrected chi connectivity index (χ2v) is 5.89. The van der Waals surface area contributed by atoms with Gasteiger partial charge >= 0.3 is 0 Å². The summed E-state index contributed by atoms with van der Waals surface area (Å²) in [6.45, 7) is 1.75. The predicted molar refractivity (Wildman–Crippen MR) is 71.0 cm³/mol. The molecule has 86 valence electrons. The summed E-state index contributed by atoms with van der Waals surface area (Å²) in [5.41, 5.74) is 0. The Morgan fingerprint density at radius 1 is 1.56 bits per heavy atom. The van der Waals surface area contributed by atoms with E-state index >= 15 is 0 Å². The van der Waals surface area contributed by atoms with Crippen LogP contribution >= 0.6 is 38.9 Å². The standard InChI is InChI=1S/C10H11BrClN3S/c11-8-5-7(16-10(8)12)6-13-2-1-9-14-3-4-15-9/h3-5,13H,1-2,6H2,(H,14,15). The molecule has 0 atom stereocenters. The summed E-state index contributed by atoms with van der Waals surface area (Å²) in [7, 11) is 0. The summed E-state index contributed by atoms with van der Waals surface area (Å²) in [5, 5.41) is 3.35. The monoisotopic (exact) mass is 319 g/mol. The van der Waals surface area contributed by atoms with Crippen LogP contribution in [0.3, 0.4) is 0 Å². The number of aromatic nitrogens is 2. The Bertz CT molecular complexity index is 421. The van der Waals surface area contributed by atoms with E-state index in [2.05, 4.69) is 31.2 Å². The lowest BCUT2D eigenvalue weighted by Gasteiger charge is -2.00. The normalized spacial score (nSPS) is 10.9. The first-order valence-corrected chi connectivity index (χ1v) is 6.87. The van der Waals surface area contributed by atoms with E-state index in [1.54, 1.807) is 17.5 Å². The van der Waals surface area contributed by atoms with Gasteiger partial charge in [0.15, 0.2) is 0 Å². The van der Waals surface area contributed by atoms with Crippen LogP contribution in [0.2, 0.25) is 4.34 Å². The van der Waals surface area contributed by atoms with Crippen molar-refractivity contribution >= 4 is 38.9 Å². The quantitative estimate of drug-likeness (QED) is 0.831. The lowest BCUT2D eigenvalue weighted by atomic mass is 10.4. The van der Waals surface area contributed by atoms with Crippen LogP contribution in [-0.4, -0.2) is 16.5 Å². The second-order valence-electron chi connectivity index (χ2n) is 3.30. The van der Waals surface area contributed by atoms with Gasteiger partial charge in [0, 0.05) is 41.3 Å². The van der Waals surface area contributed by atoms with Crippen molar-refractivity contribution in [2.75, 3.05) is 6.54 Å². The van der Waals surface area contributed by atoms with Gasteiger partial charge < -0.3 is 10.3 Å². The molecule has 16 heavy (non-hydrogen) atoms. The van der Waals surface area contributed by atoms with Crippen molar-refractivity contribution in [3.63, 3.8) is 0 Å². The van der Waals surface area contributed by atoms with Crippen LogP contribution < -0.4 is 5.32 Å². The molecule has 2 heterocycles. The molecule has 2 aromatic heterocycles. The highest BCUT2D eigenvalue weighted by Gasteiger charge is 2.03. The average Bonchev–Trinajstić information content (AvgIpc) is 2.85. The predicted octanol–water partition coefficient (Wildman–Crippen LogP) is 3.22. The third-order valence-corrected chi connectivity index (χ3v) is 4.56. The highest BCUT2D eigenvalue weighted by Crippen LogP contribution is 2.31.